The summed E-state index contributed by atoms with van der Waals surface area (Å²) in [5.74, 6) is 0.927. The molecular weight excluding hydrogens is 318 g/mol. The number of hydrogen-bond acceptors (Lipinski definition) is 5. The number of aryl methyl sites for hydroxylation is 1. The largest absolute Gasteiger partial charge is 0.496 e. The smallest absolute Gasteiger partial charge is 0.160 e. The Bertz CT molecular complexity index is 777. The maximum Gasteiger partial charge on any atom is 0.160 e. The van der Waals surface area contributed by atoms with Crippen molar-refractivity contribution in [2.75, 3.05) is 13.7 Å². The van der Waals surface area contributed by atoms with Gasteiger partial charge in [0.2, 0.25) is 0 Å². The van der Waals surface area contributed by atoms with E-state index in [0.717, 1.165) is 28.7 Å². The number of aliphatic imine (C=N–C) groups is 1. The monoisotopic (exact) mass is 339 g/mol. The Labute approximate surface area is 147 Å². The molecule has 0 spiro atoms. The number of hydrogen-bond donors (Lipinski definition) is 0. The van der Waals surface area contributed by atoms with Crippen molar-refractivity contribution in [3.8, 4) is 5.75 Å². The summed E-state index contributed by atoms with van der Waals surface area (Å²) in [6.45, 7) is 5.39. The van der Waals surface area contributed by atoms with Crippen LogP contribution in [0.4, 0.5) is 0 Å². The molecule has 2 aromatic rings. The second-order valence-electron chi connectivity index (χ2n) is 6.37. The van der Waals surface area contributed by atoms with Crippen molar-refractivity contribution < 1.29 is 4.74 Å². The van der Waals surface area contributed by atoms with Gasteiger partial charge < -0.3 is 9.64 Å². The lowest BCUT2D eigenvalue weighted by molar-refractivity contribution is 0.320. The summed E-state index contributed by atoms with van der Waals surface area (Å²) in [4.78, 5) is 12.0. The maximum absolute atomic E-state index is 5.42. The highest BCUT2D eigenvalue weighted by Gasteiger charge is 2.43. The maximum atomic E-state index is 5.42. The van der Waals surface area contributed by atoms with Crippen LogP contribution in [0.5, 0.6) is 5.75 Å². The molecule has 4 rings (SSSR count). The summed E-state index contributed by atoms with van der Waals surface area (Å²) in [6.07, 6.45) is 1.85. The zero-order chi connectivity index (χ0) is 16.7. The first kappa shape index (κ1) is 15.5. The first-order valence-corrected chi connectivity index (χ1v) is 9.12. The van der Waals surface area contributed by atoms with Crippen molar-refractivity contribution in [3.05, 3.63) is 59.4 Å². The number of aromatic nitrogens is 1. The van der Waals surface area contributed by atoms with Crippen LogP contribution in [0.25, 0.3) is 0 Å². The van der Waals surface area contributed by atoms with E-state index in [2.05, 4.69) is 48.0 Å². The lowest BCUT2D eigenvalue weighted by Crippen LogP contribution is -2.28. The quantitative estimate of drug-likeness (QED) is 0.847. The summed E-state index contributed by atoms with van der Waals surface area (Å²) in [5, 5.41) is 1.73. The van der Waals surface area contributed by atoms with Crippen LogP contribution < -0.4 is 4.74 Å². The van der Waals surface area contributed by atoms with Gasteiger partial charge in [-0.15, -0.1) is 0 Å². The van der Waals surface area contributed by atoms with Crippen molar-refractivity contribution in [2.45, 2.75) is 31.2 Å². The number of amidine groups is 1. The van der Waals surface area contributed by atoms with Crippen molar-refractivity contribution >= 4 is 16.9 Å². The van der Waals surface area contributed by atoms with Gasteiger partial charge in [0.15, 0.2) is 5.17 Å². The van der Waals surface area contributed by atoms with Crippen LogP contribution in [0.15, 0.2) is 47.6 Å². The van der Waals surface area contributed by atoms with Gasteiger partial charge in [0.05, 0.1) is 18.8 Å². The van der Waals surface area contributed by atoms with Gasteiger partial charge in [-0.3, -0.25) is 9.98 Å². The molecule has 124 valence electrons. The first-order chi connectivity index (χ1) is 11.7. The minimum absolute atomic E-state index is 0.0500. The second kappa shape index (κ2) is 6.13. The average molecular weight is 339 g/mol. The summed E-state index contributed by atoms with van der Waals surface area (Å²) in [5.41, 5.74) is 3.46. The number of methoxy groups -OCH3 is 1. The van der Waals surface area contributed by atoms with E-state index < -0.39 is 0 Å². The number of fused-ring (bicyclic) bond motifs is 1. The number of thioether (sulfide) groups is 1. The molecule has 0 aliphatic carbocycles. The van der Waals surface area contributed by atoms with E-state index in [9.17, 15) is 0 Å². The normalized spacial score (nSPS) is 25.5. The third kappa shape index (κ3) is 2.57. The number of ether oxygens (including phenoxy) is 1. The van der Waals surface area contributed by atoms with Crippen LogP contribution in [-0.4, -0.2) is 34.0 Å². The highest BCUT2D eigenvalue weighted by molar-refractivity contribution is 8.14. The van der Waals surface area contributed by atoms with Gasteiger partial charge in [0.1, 0.15) is 11.8 Å². The molecule has 1 fully saturated rings. The number of nitrogens with zero attached hydrogens (tertiary/aromatic N) is 3. The summed E-state index contributed by atoms with van der Waals surface area (Å²) in [7, 11) is 1.72. The molecule has 24 heavy (non-hydrogen) atoms. The molecule has 1 saturated heterocycles. The number of rotatable bonds is 3. The number of benzene rings is 1. The zero-order valence-electron chi connectivity index (χ0n) is 14.1. The van der Waals surface area contributed by atoms with Crippen LogP contribution in [0.2, 0.25) is 0 Å². The highest BCUT2D eigenvalue weighted by atomic mass is 32.2. The van der Waals surface area contributed by atoms with E-state index in [0.29, 0.717) is 5.25 Å². The third-order valence-electron chi connectivity index (χ3n) is 4.64. The van der Waals surface area contributed by atoms with Crippen molar-refractivity contribution in [2.24, 2.45) is 4.99 Å². The minimum atomic E-state index is 0.0500. The predicted octanol–water partition coefficient (Wildman–Crippen LogP) is 3.99. The Morgan fingerprint density at radius 1 is 1.25 bits per heavy atom. The van der Waals surface area contributed by atoms with E-state index in [1.807, 2.05) is 30.1 Å². The predicted molar refractivity (Wildman–Crippen MR) is 98.6 cm³/mol. The van der Waals surface area contributed by atoms with E-state index in [1.54, 1.807) is 7.11 Å². The third-order valence-corrected chi connectivity index (χ3v) is 5.74. The Kier molecular flexibility index (Phi) is 3.96. The Hall–Kier alpha value is -2.01. The van der Waals surface area contributed by atoms with Crippen LogP contribution in [-0.2, 0) is 0 Å². The van der Waals surface area contributed by atoms with Gasteiger partial charge in [0.25, 0.3) is 0 Å². The SMILES string of the molecule is COc1ccc([C@H]2[C@H](c3ccccn3)N=C3S[C@@H](C)CN32)cc1C. The lowest BCUT2D eigenvalue weighted by Gasteiger charge is -2.27. The number of pyridine rings is 1. The van der Waals surface area contributed by atoms with Gasteiger partial charge in [-0.2, -0.15) is 0 Å². The van der Waals surface area contributed by atoms with Gasteiger partial charge in [-0.05, 0) is 36.2 Å². The molecule has 1 aromatic heterocycles. The van der Waals surface area contributed by atoms with E-state index in [-0.39, 0.29) is 12.1 Å². The van der Waals surface area contributed by atoms with E-state index in [1.165, 1.54) is 5.56 Å². The van der Waals surface area contributed by atoms with Crippen LogP contribution in [0.1, 0.15) is 35.8 Å². The van der Waals surface area contributed by atoms with E-state index >= 15 is 0 Å². The minimum Gasteiger partial charge on any atom is -0.496 e. The van der Waals surface area contributed by atoms with E-state index in [4.69, 9.17) is 9.73 Å². The van der Waals surface area contributed by atoms with Gasteiger partial charge >= 0.3 is 0 Å². The molecule has 0 N–H and O–H groups in total. The zero-order valence-corrected chi connectivity index (χ0v) is 15.0. The average Bonchev–Trinajstić information content (AvgIpc) is 3.11. The molecule has 0 unspecified atom stereocenters. The molecule has 0 amide bonds. The molecule has 0 saturated carbocycles. The molecule has 5 heteroatoms. The lowest BCUT2D eigenvalue weighted by atomic mass is 9.95. The molecule has 0 radical (unpaired) electrons. The van der Waals surface area contributed by atoms with Gasteiger partial charge in [0, 0.05) is 18.0 Å². The summed E-state index contributed by atoms with van der Waals surface area (Å²) >= 11 is 1.87. The van der Waals surface area contributed by atoms with Crippen LogP contribution in [0.3, 0.4) is 0 Å². The highest BCUT2D eigenvalue weighted by Crippen LogP contribution is 2.47. The second-order valence-corrected chi connectivity index (χ2v) is 7.77. The summed E-state index contributed by atoms with van der Waals surface area (Å²) in [6, 6.07) is 12.8. The molecular formula is C19H21N3OS. The Morgan fingerprint density at radius 2 is 2.12 bits per heavy atom. The molecule has 2 aliphatic rings. The fourth-order valence-corrected chi connectivity index (χ4v) is 4.66. The van der Waals surface area contributed by atoms with Crippen LogP contribution in [0, 0.1) is 6.92 Å². The first-order valence-electron chi connectivity index (χ1n) is 8.24. The van der Waals surface area contributed by atoms with Crippen molar-refractivity contribution in [1.82, 2.24) is 9.88 Å². The molecule has 4 nitrogen and oxygen atoms in total. The fraction of sp³-hybridized carbons (Fsp3) is 0.368. The molecule has 2 aliphatic heterocycles. The summed E-state index contributed by atoms with van der Waals surface area (Å²) < 4.78 is 5.42. The molecule has 3 atom stereocenters. The van der Waals surface area contributed by atoms with Crippen molar-refractivity contribution in [3.63, 3.8) is 0 Å². The Balaban J connectivity index is 1.77. The molecule has 0 bridgehead atoms. The Morgan fingerprint density at radius 3 is 2.83 bits per heavy atom. The topological polar surface area (TPSA) is 37.7 Å². The molecule has 1 aromatic carbocycles. The van der Waals surface area contributed by atoms with Gasteiger partial charge in [-0.25, -0.2) is 0 Å². The van der Waals surface area contributed by atoms with Gasteiger partial charge in [-0.1, -0.05) is 36.9 Å². The molecule has 3 heterocycles. The van der Waals surface area contributed by atoms with Crippen molar-refractivity contribution in [1.29, 1.82) is 0 Å². The van der Waals surface area contributed by atoms with Crippen LogP contribution >= 0.6 is 11.8 Å². The fourth-order valence-electron chi connectivity index (χ4n) is 3.56. The standard InChI is InChI=1S/C19H21N3OS/c1-12-10-14(7-8-16(12)23-3)18-17(15-6-4-5-9-20-15)21-19-22(18)11-13(2)24-19/h4-10,13,17-18H,11H2,1-3H3/t13-,17-,18-/m0/s1.